The van der Waals surface area contributed by atoms with E-state index in [9.17, 15) is 22.8 Å². The molecule has 2 rings (SSSR count). The summed E-state index contributed by atoms with van der Waals surface area (Å²) in [4.78, 5) is 40.3. The van der Waals surface area contributed by atoms with Crippen LogP contribution in [0, 0.1) is 12.3 Å². The van der Waals surface area contributed by atoms with Crippen LogP contribution in [0.15, 0.2) is 29.2 Å². The molecule has 170 valence electrons. The zero-order valence-corrected chi connectivity index (χ0v) is 18.4. The van der Waals surface area contributed by atoms with E-state index in [4.69, 9.17) is 10.1 Å². The highest BCUT2D eigenvalue weighted by atomic mass is 32.2. The molecule has 2 atom stereocenters. The molecule has 0 radical (unpaired) electrons. The number of nitrogens with zero attached hydrogens (tertiary/aromatic N) is 2. The van der Waals surface area contributed by atoms with Gasteiger partial charge in [-0.1, -0.05) is 17.7 Å². The molecule has 0 aliphatic carbocycles. The smallest absolute Gasteiger partial charge is 0.325 e. The monoisotopic (exact) mass is 453 g/mol. The molecule has 11 nitrogen and oxygen atoms in total. The van der Waals surface area contributed by atoms with Crippen LogP contribution < -0.4 is 10.1 Å². The Labute approximate surface area is 181 Å². The quantitative estimate of drug-likeness (QED) is 0.244. The lowest BCUT2D eigenvalue weighted by Crippen LogP contribution is -2.66. The van der Waals surface area contributed by atoms with Crippen molar-refractivity contribution in [2.24, 2.45) is 0 Å². The molecule has 1 aromatic rings. The van der Waals surface area contributed by atoms with E-state index in [-0.39, 0.29) is 24.5 Å². The number of hydrazine groups is 1. The number of nitrogens with one attached hydrogen (secondary N) is 3. The molecule has 1 fully saturated rings. The Kier molecular flexibility index (Phi) is 8.25. The second-order valence-corrected chi connectivity index (χ2v) is 8.73. The number of rotatable bonds is 10. The molecule has 0 spiro atoms. The molecule has 1 saturated heterocycles. The standard InChI is InChI=1S/C19H27N5O6S/c1-4-30-17(26)12-24-11-16(25)21-18(19(24)27)15(9-10-20)23(3)22-31(28,29)14-7-5-13(2)6-8-14/h5-8,10,15,18,20,22H,4,9,11-12H2,1-3H3,(H,21,25)/t15?,18-/m0/s1. The summed E-state index contributed by atoms with van der Waals surface area (Å²) in [5.74, 6) is -1.72. The Bertz CT molecular complexity index is 934. The first-order valence-corrected chi connectivity index (χ1v) is 11.1. The highest BCUT2D eigenvalue weighted by molar-refractivity contribution is 7.89. The maximum absolute atomic E-state index is 12.9. The molecule has 2 amide bonds. The topological polar surface area (TPSA) is 149 Å². The summed E-state index contributed by atoms with van der Waals surface area (Å²) >= 11 is 0. The fraction of sp³-hybridized carbons (Fsp3) is 0.474. The predicted octanol–water partition coefficient (Wildman–Crippen LogP) is -0.582. The third kappa shape index (κ3) is 6.32. The van der Waals surface area contributed by atoms with Crippen molar-refractivity contribution < 1.29 is 27.5 Å². The first-order valence-electron chi connectivity index (χ1n) is 9.63. The molecule has 12 heteroatoms. The van der Waals surface area contributed by atoms with Crippen molar-refractivity contribution in [1.29, 1.82) is 5.41 Å². The number of carbonyl (C=O) groups excluding carboxylic acids is 3. The SMILES string of the molecule is CCOC(=O)CN1CC(=O)N[C@@H](C(CC=N)N(C)NS(=O)(=O)c2ccc(C)cc2)C1=O. The molecule has 31 heavy (non-hydrogen) atoms. The van der Waals surface area contributed by atoms with Gasteiger partial charge in [-0.25, -0.2) is 13.4 Å². The highest BCUT2D eigenvalue weighted by Gasteiger charge is 2.40. The predicted molar refractivity (Wildman–Crippen MR) is 112 cm³/mol. The molecule has 0 bridgehead atoms. The third-order valence-electron chi connectivity index (χ3n) is 4.69. The van der Waals surface area contributed by atoms with Crippen molar-refractivity contribution >= 4 is 34.0 Å². The summed E-state index contributed by atoms with van der Waals surface area (Å²) in [6.07, 6.45) is 0.988. The number of hydrogen-bond donors (Lipinski definition) is 3. The molecule has 3 N–H and O–H groups in total. The highest BCUT2D eigenvalue weighted by Crippen LogP contribution is 2.15. The van der Waals surface area contributed by atoms with Gasteiger partial charge >= 0.3 is 5.97 Å². The Morgan fingerprint density at radius 2 is 2.03 bits per heavy atom. The van der Waals surface area contributed by atoms with E-state index in [1.807, 2.05) is 6.92 Å². The van der Waals surface area contributed by atoms with Crippen molar-refractivity contribution in [3.05, 3.63) is 29.8 Å². The molecule has 1 heterocycles. The Morgan fingerprint density at radius 3 is 2.61 bits per heavy atom. The summed E-state index contributed by atoms with van der Waals surface area (Å²) in [7, 11) is -2.55. The largest absolute Gasteiger partial charge is 0.465 e. The number of sulfonamides is 1. The average molecular weight is 454 g/mol. The van der Waals surface area contributed by atoms with Gasteiger partial charge in [0.1, 0.15) is 19.1 Å². The molecule has 0 saturated carbocycles. The summed E-state index contributed by atoms with van der Waals surface area (Å²) in [5.41, 5.74) is 0.895. The van der Waals surface area contributed by atoms with Gasteiger partial charge in [-0.2, -0.15) is 0 Å². The van der Waals surface area contributed by atoms with Gasteiger partial charge in [0.05, 0.1) is 17.5 Å². The number of esters is 1. The minimum atomic E-state index is -3.96. The van der Waals surface area contributed by atoms with Crippen molar-refractivity contribution in [3.63, 3.8) is 0 Å². The molecular formula is C19H27N5O6S. The van der Waals surface area contributed by atoms with E-state index in [0.717, 1.165) is 16.7 Å². The lowest BCUT2D eigenvalue weighted by Gasteiger charge is -2.39. The molecular weight excluding hydrogens is 426 g/mol. The maximum Gasteiger partial charge on any atom is 0.325 e. The van der Waals surface area contributed by atoms with E-state index in [0.29, 0.717) is 0 Å². The molecule has 1 aliphatic rings. The Morgan fingerprint density at radius 1 is 1.39 bits per heavy atom. The number of likely N-dealkylation sites (N-methyl/N-ethyl adjacent to an activating group) is 1. The van der Waals surface area contributed by atoms with Crippen LogP contribution in [-0.4, -0.2) is 81.2 Å². The van der Waals surface area contributed by atoms with Crippen LogP contribution in [0.25, 0.3) is 0 Å². The van der Waals surface area contributed by atoms with Gasteiger partial charge < -0.3 is 20.4 Å². The Hall–Kier alpha value is -2.83. The fourth-order valence-electron chi connectivity index (χ4n) is 3.15. The van der Waals surface area contributed by atoms with Crippen molar-refractivity contribution in [2.45, 2.75) is 37.2 Å². The van der Waals surface area contributed by atoms with Crippen molar-refractivity contribution in [3.8, 4) is 0 Å². The molecule has 0 aromatic heterocycles. The van der Waals surface area contributed by atoms with Crippen molar-refractivity contribution in [1.82, 2.24) is 20.1 Å². The van der Waals surface area contributed by atoms with Gasteiger partial charge in [0, 0.05) is 13.5 Å². The lowest BCUT2D eigenvalue weighted by atomic mass is 10.0. The van der Waals surface area contributed by atoms with Crippen LogP contribution in [0.1, 0.15) is 18.9 Å². The van der Waals surface area contributed by atoms with Gasteiger partial charge in [-0.3, -0.25) is 14.4 Å². The molecule has 1 aliphatic heterocycles. The molecule has 1 unspecified atom stereocenters. The van der Waals surface area contributed by atoms with Gasteiger partial charge in [-0.15, -0.1) is 4.83 Å². The van der Waals surface area contributed by atoms with E-state index >= 15 is 0 Å². The minimum absolute atomic E-state index is 0.0292. The zero-order valence-electron chi connectivity index (χ0n) is 17.6. The summed E-state index contributed by atoms with van der Waals surface area (Å²) in [6, 6.07) is 4.14. The van der Waals surface area contributed by atoms with Crippen LogP contribution in [0.2, 0.25) is 0 Å². The minimum Gasteiger partial charge on any atom is -0.465 e. The molecule has 1 aromatic carbocycles. The van der Waals surface area contributed by atoms with E-state index < -0.39 is 46.4 Å². The number of benzene rings is 1. The second kappa shape index (κ2) is 10.5. The normalized spacial score (nSPS) is 17.9. The third-order valence-corrected chi connectivity index (χ3v) is 6.11. The Balaban J connectivity index is 2.23. The fourth-order valence-corrected chi connectivity index (χ4v) is 4.27. The number of aryl methyl sites for hydroxylation is 1. The van der Waals surface area contributed by atoms with Crippen LogP contribution in [0.4, 0.5) is 0 Å². The van der Waals surface area contributed by atoms with Crippen LogP contribution in [0.3, 0.4) is 0 Å². The number of ether oxygens (including phenoxy) is 1. The van der Waals surface area contributed by atoms with Crippen LogP contribution in [-0.2, 0) is 29.1 Å². The summed E-state index contributed by atoms with van der Waals surface area (Å²) < 4.78 is 30.3. The van der Waals surface area contributed by atoms with Crippen LogP contribution >= 0.6 is 0 Å². The summed E-state index contributed by atoms with van der Waals surface area (Å²) in [5, 5.41) is 11.2. The number of hydrogen-bond acceptors (Lipinski definition) is 8. The first kappa shape index (κ1) is 24.4. The zero-order chi connectivity index (χ0) is 23.2. The maximum atomic E-state index is 12.9. The van der Waals surface area contributed by atoms with E-state index in [2.05, 4.69) is 10.1 Å². The van der Waals surface area contributed by atoms with Gasteiger partial charge in [0.15, 0.2) is 0 Å². The second-order valence-electron chi connectivity index (χ2n) is 7.07. The number of amides is 2. The first-order chi connectivity index (χ1) is 14.6. The van der Waals surface area contributed by atoms with E-state index in [1.165, 1.54) is 24.2 Å². The summed E-state index contributed by atoms with van der Waals surface area (Å²) in [6.45, 7) is 2.88. The van der Waals surface area contributed by atoms with Gasteiger partial charge in [0.25, 0.3) is 10.0 Å². The lowest BCUT2D eigenvalue weighted by molar-refractivity contribution is -0.154. The number of carbonyl (C=O) groups is 3. The average Bonchev–Trinajstić information content (AvgIpc) is 2.69. The van der Waals surface area contributed by atoms with Gasteiger partial charge in [-0.05, 0) is 32.2 Å². The van der Waals surface area contributed by atoms with E-state index in [1.54, 1.807) is 19.1 Å². The van der Waals surface area contributed by atoms with Crippen molar-refractivity contribution in [2.75, 3.05) is 26.7 Å². The van der Waals surface area contributed by atoms with Crippen LogP contribution in [0.5, 0.6) is 0 Å². The number of piperazine rings is 1. The van der Waals surface area contributed by atoms with Gasteiger partial charge in [0.2, 0.25) is 11.8 Å².